The standard InChI is InChI=1S/C17H22ClN3/c1-2-13(15-7-16(15)17-10-20-11-21-17)9-19-8-12-3-5-14(18)6-4-12/h3-6,10-11,13,15-16,19H,2,7-9H2,1H3,(H,20,21)/t13-,15+,16-/m0/s1. The van der Waals surface area contributed by atoms with Gasteiger partial charge in [0.25, 0.3) is 0 Å². The van der Waals surface area contributed by atoms with Gasteiger partial charge in [-0.25, -0.2) is 4.98 Å². The van der Waals surface area contributed by atoms with E-state index in [2.05, 4.69) is 34.3 Å². The van der Waals surface area contributed by atoms with Crippen molar-refractivity contribution < 1.29 is 0 Å². The monoisotopic (exact) mass is 303 g/mol. The van der Waals surface area contributed by atoms with Crippen molar-refractivity contribution in [2.24, 2.45) is 11.8 Å². The molecule has 2 aromatic rings. The maximum absolute atomic E-state index is 5.90. The fourth-order valence-electron chi connectivity index (χ4n) is 3.17. The van der Waals surface area contributed by atoms with Gasteiger partial charge in [0.1, 0.15) is 0 Å². The third kappa shape index (κ3) is 3.66. The SMILES string of the molecule is CC[C@@H](CNCc1ccc(Cl)cc1)[C@H]1C[C@@H]1c1cnc[nH]1. The van der Waals surface area contributed by atoms with Gasteiger partial charge < -0.3 is 10.3 Å². The van der Waals surface area contributed by atoms with Crippen LogP contribution in [-0.2, 0) is 6.54 Å². The van der Waals surface area contributed by atoms with E-state index in [-0.39, 0.29) is 0 Å². The molecule has 3 rings (SSSR count). The van der Waals surface area contributed by atoms with Gasteiger partial charge in [0.05, 0.1) is 6.33 Å². The lowest BCUT2D eigenvalue weighted by Gasteiger charge is -2.15. The lowest BCUT2D eigenvalue weighted by atomic mass is 9.98. The number of nitrogens with one attached hydrogen (secondary N) is 2. The molecule has 1 aliphatic rings. The van der Waals surface area contributed by atoms with Crippen molar-refractivity contribution in [3.63, 3.8) is 0 Å². The fraction of sp³-hybridized carbons (Fsp3) is 0.471. The van der Waals surface area contributed by atoms with E-state index in [9.17, 15) is 0 Å². The molecule has 0 radical (unpaired) electrons. The summed E-state index contributed by atoms with van der Waals surface area (Å²) in [6.45, 7) is 4.28. The van der Waals surface area contributed by atoms with Crippen LogP contribution in [0.5, 0.6) is 0 Å². The van der Waals surface area contributed by atoms with Crippen molar-refractivity contribution in [2.45, 2.75) is 32.2 Å². The van der Waals surface area contributed by atoms with Crippen LogP contribution in [0.2, 0.25) is 5.02 Å². The second kappa shape index (κ2) is 6.63. The first-order chi connectivity index (χ1) is 10.3. The maximum Gasteiger partial charge on any atom is 0.0921 e. The number of benzene rings is 1. The summed E-state index contributed by atoms with van der Waals surface area (Å²) in [5.41, 5.74) is 2.59. The van der Waals surface area contributed by atoms with Gasteiger partial charge in [-0.3, -0.25) is 0 Å². The van der Waals surface area contributed by atoms with Gasteiger partial charge in [-0.2, -0.15) is 0 Å². The number of halogens is 1. The molecule has 0 unspecified atom stereocenters. The first-order valence-electron chi connectivity index (χ1n) is 7.71. The molecule has 0 amide bonds. The zero-order valence-electron chi connectivity index (χ0n) is 12.3. The Balaban J connectivity index is 1.46. The summed E-state index contributed by atoms with van der Waals surface area (Å²) in [5, 5.41) is 4.39. The number of rotatable bonds is 7. The topological polar surface area (TPSA) is 40.7 Å². The molecule has 4 heteroatoms. The smallest absolute Gasteiger partial charge is 0.0921 e. The summed E-state index contributed by atoms with van der Waals surface area (Å²) in [6, 6.07) is 8.07. The van der Waals surface area contributed by atoms with Crippen LogP contribution in [0.1, 0.15) is 36.9 Å². The molecule has 1 fully saturated rings. The minimum Gasteiger partial charge on any atom is -0.348 e. The molecule has 1 aliphatic carbocycles. The van der Waals surface area contributed by atoms with E-state index < -0.39 is 0 Å². The van der Waals surface area contributed by atoms with Crippen LogP contribution in [-0.4, -0.2) is 16.5 Å². The highest BCUT2D eigenvalue weighted by Gasteiger charge is 2.43. The summed E-state index contributed by atoms with van der Waals surface area (Å²) < 4.78 is 0. The predicted octanol–water partition coefficient (Wildman–Crippen LogP) is 3.98. The summed E-state index contributed by atoms with van der Waals surface area (Å²) in [7, 11) is 0. The van der Waals surface area contributed by atoms with E-state index in [1.165, 1.54) is 24.1 Å². The zero-order valence-corrected chi connectivity index (χ0v) is 13.1. The number of aromatic nitrogens is 2. The number of imidazole rings is 1. The first kappa shape index (κ1) is 14.6. The molecule has 21 heavy (non-hydrogen) atoms. The van der Waals surface area contributed by atoms with Crippen molar-refractivity contribution in [1.82, 2.24) is 15.3 Å². The van der Waals surface area contributed by atoms with E-state index >= 15 is 0 Å². The minimum atomic E-state index is 0.690. The highest BCUT2D eigenvalue weighted by atomic mass is 35.5. The van der Waals surface area contributed by atoms with Crippen molar-refractivity contribution in [3.8, 4) is 0 Å². The number of hydrogen-bond donors (Lipinski definition) is 2. The highest BCUT2D eigenvalue weighted by Crippen LogP contribution is 2.51. The highest BCUT2D eigenvalue weighted by molar-refractivity contribution is 6.30. The largest absolute Gasteiger partial charge is 0.348 e. The Kier molecular flexibility index (Phi) is 4.61. The van der Waals surface area contributed by atoms with E-state index in [4.69, 9.17) is 11.6 Å². The average molecular weight is 304 g/mol. The van der Waals surface area contributed by atoms with Gasteiger partial charge in [-0.15, -0.1) is 0 Å². The number of aromatic amines is 1. The van der Waals surface area contributed by atoms with Crippen LogP contribution in [0, 0.1) is 11.8 Å². The molecule has 0 aliphatic heterocycles. The third-order valence-corrected chi connectivity index (χ3v) is 4.79. The van der Waals surface area contributed by atoms with E-state index in [1.807, 2.05) is 18.3 Å². The van der Waals surface area contributed by atoms with E-state index in [0.29, 0.717) is 5.92 Å². The van der Waals surface area contributed by atoms with E-state index in [0.717, 1.165) is 29.9 Å². The Hall–Kier alpha value is -1.32. The predicted molar refractivity (Wildman–Crippen MR) is 86.4 cm³/mol. The zero-order chi connectivity index (χ0) is 14.7. The third-order valence-electron chi connectivity index (χ3n) is 4.54. The lowest BCUT2D eigenvalue weighted by molar-refractivity contribution is 0.405. The normalized spacial score (nSPS) is 22.2. The summed E-state index contributed by atoms with van der Waals surface area (Å²) in [6.07, 6.45) is 6.27. The summed E-state index contributed by atoms with van der Waals surface area (Å²) in [4.78, 5) is 7.38. The molecule has 3 atom stereocenters. The van der Waals surface area contributed by atoms with Crippen LogP contribution in [0.25, 0.3) is 0 Å². The minimum absolute atomic E-state index is 0.690. The second-order valence-electron chi connectivity index (χ2n) is 5.94. The molecular formula is C17H22ClN3. The van der Waals surface area contributed by atoms with Crippen LogP contribution < -0.4 is 5.32 Å². The Morgan fingerprint density at radius 1 is 1.38 bits per heavy atom. The summed E-state index contributed by atoms with van der Waals surface area (Å²) in [5.74, 6) is 2.23. The molecule has 1 aromatic heterocycles. The van der Waals surface area contributed by atoms with Gasteiger partial charge >= 0.3 is 0 Å². The van der Waals surface area contributed by atoms with Gasteiger partial charge in [0.15, 0.2) is 0 Å². The maximum atomic E-state index is 5.90. The molecule has 1 saturated carbocycles. The molecule has 0 saturated heterocycles. The fourth-order valence-corrected chi connectivity index (χ4v) is 3.29. The molecule has 1 heterocycles. The Morgan fingerprint density at radius 2 is 2.19 bits per heavy atom. The van der Waals surface area contributed by atoms with Crippen molar-refractivity contribution in [1.29, 1.82) is 0 Å². The Morgan fingerprint density at radius 3 is 2.86 bits per heavy atom. The van der Waals surface area contributed by atoms with Crippen molar-refractivity contribution >= 4 is 11.6 Å². The Labute approximate surface area is 131 Å². The molecule has 0 spiro atoms. The van der Waals surface area contributed by atoms with Gasteiger partial charge in [-0.1, -0.05) is 37.1 Å². The molecule has 112 valence electrons. The van der Waals surface area contributed by atoms with Crippen LogP contribution >= 0.6 is 11.6 Å². The van der Waals surface area contributed by atoms with Crippen LogP contribution in [0.15, 0.2) is 36.8 Å². The van der Waals surface area contributed by atoms with Crippen molar-refractivity contribution in [2.75, 3.05) is 6.54 Å². The summed E-state index contributed by atoms with van der Waals surface area (Å²) >= 11 is 5.90. The van der Waals surface area contributed by atoms with Gasteiger partial charge in [0, 0.05) is 29.4 Å². The first-order valence-corrected chi connectivity index (χ1v) is 8.09. The van der Waals surface area contributed by atoms with Crippen LogP contribution in [0.3, 0.4) is 0 Å². The molecule has 1 aromatic carbocycles. The molecule has 3 nitrogen and oxygen atoms in total. The van der Waals surface area contributed by atoms with E-state index in [1.54, 1.807) is 6.33 Å². The average Bonchev–Trinajstić information content (AvgIpc) is 3.09. The Bertz CT molecular complexity index is 550. The molecular weight excluding hydrogens is 282 g/mol. The molecule has 2 N–H and O–H groups in total. The number of hydrogen-bond acceptors (Lipinski definition) is 2. The number of nitrogens with zero attached hydrogens (tertiary/aromatic N) is 1. The lowest BCUT2D eigenvalue weighted by Crippen LogP contribution is -2.23. The quantitative estimate of drug-likeness (QED) is 0.812. The van der Waals surface area contributed by atoms with Crippen molar-refractivity contribution in [3.05, 3.63) is 53.1 Å². The van der Waals surface area contributed by atoms with Crippen LogP contribution in [0.4, 0.5) is 0 Å². The van der Waals surface area contributed by atoms with Gasteiger partial charge in [0.2, 0.25) is 0 Å². The number of H-pyrrole nitrogens is 1. The molecule has 0 bridgehead atoms. The van der Waals surface area contributed by atoms with Gasteiger partial charge in [-0.05, 0) is 42.5 Å². The second-order valence-corrected chi connectivity index (χ2v) is 6.38.